The second kappa shape index (κ2) is 10.5. The molecule has 0 radical (unpaired) electrons. The Kier molecular flexibility index (Phi) is 7.08. The predicted molar refractivity (Wildman–Crippen MR) is 165 cm³/mol. The molecular formula is C28H32ClN9O4S. The van der Waals surface area contributed by atoms with Gasteiger partial charge in [0.05, 0.1) is 41.0 Å². The largest absolute Gasteiger partial charge is 0.377 e. The third kappa shape index (κ3) is 5.40. The van der Waals surface area contributed by atoms with Crippen molar-refractivity contribution in [3.05, 3.63) is 68.9 Å². The van der Waals surface area contributed by atoms with Crippen LogP contribution in [0, 0.1) is 6.92 Å². The van der Waals surface area contributed by atoms with Crippen LogP contribution in [-0.4, -0.2) is 70.1 Å². The smallest absolute Gasteiger partial charge is 0.285 e. The summed E-state index contributed by atoms with van der Waals surface area (Å²) in [6, 6.07) is 8.87. The summed E-state index contributed by atoms with van der Waals surface area (Å²) in [5.41, 5.74) is 2.14. The van der Waals surface area contributed by atoms with Crippen molar-refractivity contribution in [1.29, 1.82) is 0 Å². The molecule has 0 saturated carbocycles. The van der Waals surface area contributed by atoms with Crippen LogP contribution in [0.3, 0.4) is 0 Å². The number of nitrogens with zero attached hydrogens (tertiary/aromatic N) is 7. The molecule has 2 aliphatic rings. The summed E-state index contributed by atoms with van der Waals surface area (Å²) < 4.78 is 28.8. The molecule has 5 heterocycles. The summed E-state index contributed by atoms with van der Waals surface area (Å²) in [5, 5.41) is 8.36. The van der Waals surface area contributed by atoms with E-state index in [2.05, 4.69) is 25.2 Å². The van der Waals surface area contributed by atoms with Gasteiger partial charge < -0.3 is 15.1 Å². The van der Waals surface area contributed by atoms with Gasteiger partial charge in [-0.3, -0.25) is 18.8 Å². The Balaban J connectivity index is 1.35. The third-order valence-corrected chi connectivity index (χ3v) is 8.78. The first-order chi connectivity index (χ1) is 20.3. The average Bonchev–Trinajstić information content (AvgIpc) is 3.66. The van der Waals surface area contributed by atoms with E-state index >= 15 is 0 Å². The van der Waals surface area contributed by atoms with Crippen molar-refractivity contribution in [2.45, 2.75) is 38.4 Å². The van der Waals surface area contributed by atoms with E-state index in [4.69, 9.17) is 16.6 Å². The number of carbonyl (C=O) groups is 1. The van der Waals surface area contributed by atoms with Crippen LogP contribution in [0.2, 0.25) is 5.15 Å². The average molecular weight is 626 g/mol. The number of fused-ring (bicyclic) bond motifs is 3. The summed E-state index contributed by atoms with van der Waals surface area (Å²) in [7, 11) is -0.172. The van der Waals surface area contributed by atoms with Crippen LogP contribution in [0.4, 0.5) is 17.5 Å². The summed E-state index contributed by atoms with van der Waals surface area (Å²) >= 11 is 6.04. The van der Waals surface area contributed by atoms with Crippen molar-refractivity contribution in [3.63, 3.8) is 0 Å². The Bertz CT molecular complexity index is 1940. The molecule has 226 valence electrons. The zero-order valence-electron chi connectivity index (χ0n) is 24.4. The molecule has 6 rings (SSSR count). The molecule has 1 amide bonds. The Hall–Kier alpha value is -4.17. The van der Waals surface area contributed by atoms with Gasteiger partial charge in [0.2, 0.25) is 16.0 Å². The number of amides is 1. The molecule has 15 heteroatoms. The number of nitrogens with one attached hydrogen (secondary N) is 2. The Morgan fingerprint density at radius 1 is 1.09 bits per heavy atom. The molecule has 1 aromatic carbocycles. The second-order valence-electron chi connectivity index (χ2n) is 11.3. The third-order valence-electron chi connectivity index (χ3n) is 8.01. The van der Waals surface area contributed by atoms with E-state index in [9.17, 15) is 18.0 Å². The molecule has 2 aliphatic heterocycles. The zero-order valence-corrected chi connectivity index (χ0v) is 25.9. The first-order valence-corrected chi connectivity index (χ1v) is 16.1. The number of benzene rings is 1. The van der Waals surface area contributed by atoms with E-state index in [0.717, 1.165) is 42.7 Å². The molecule has 0 spiro atoms. The number of halogens is 1. The van der Waals surface area contributed by atoms with Gasteiger partial charge in [0.1, 0.15) is 5.15 Å². The van der Waals surface area contributed by atoms with Crippen LogP contribution in [0.25, 0.3) is 10.9 Å². The quantitative estimate of drug-likeness (QED) is 0.293. The van der Waals surface area contributed by atoms with Crippen molar-refractivity contribution in [2.24, 2.45) is 14.1 Å². The van der Waals surface area contributed by atoms with E-state index in [1.54, 1.807) is 22.4 Å². The van der Waals surface area contributed by atoms with Gasteiger partial charge in [-0.05, 0) is 44.0 Å². The van der Waals surface area contributed by atoms with E-state index in [1.807, 2.05) is 50.0 Å². The number of hydrogen-bond acceptors (Lipinski definition) is 10. The molecule has 0 aliphatic carbocycles. The fourth-order valence-corrected chi connectivity index (χ4v) is 6.71. The van der Waals surface area contributed by atoms with E-state index in [-0.39, 0.29) is 34.2 Å². The van der Waals surface area contributed by atoms with Crippen molar-refractivity contribution in [3.8, 4) is 0 Å². The molecule has 3 aromatic heterocycles. The van der Waals surface area contributed by atoms with Crippen LogP contribution in [0.15, 0.2) is 41.3 Å². The standard InChI is InChI=1S/C28H32ClN9O4S/c1-15-10-19(16(2)30-21-6-7-22(29)31-25(21)26(39)34-43(5,41)42)24-20(11-15)27(40)36(4)28(32-24)38-14-17-12-18(38)13-37(17)23-8-9-35(3)33-23/h6-11,16-18,30H,12-14H2,1-5H3,(H,34,39)/t16-,17+,18+/m1/s1. The number of rotatable bonds is 7. The van der Waals surface area contributed by atoms with Crippen molar-refractivity contribution in [2.75, 3.05) is 34.5 Å². The fraction of sp³-hybridized carbons (Fsp3) is 0.393. The monoisotopic (exact) mass is 625 g/mol. The minimum atomic E-state index is -3.83. The molecule has 2 bridgehead atoms. The van der Waals surface area contributed by atoms with Gasteiger partial charge in [0, 0.05) is 45.0 Å². The Morgan fingerprint density at radius 3 is 2.47 bits per heavy atom. The first kappa shape index (κ1) is 28.9. The van der Waals surface area contributed by atoms with E-state index < -0.39 is 22.0 Å². The molecule has 3 atom stereocenters. The topological polar surface area (TPSA) is 147 Å². The maximum Gasteiger partial charge on any atom is 0.285 e. The fourth-order valence-electron chi connectivity index (χ4n) is 6.13. The van der Waals surface area contributed by atoms with Crippen molar-refractivity contribution < 1.29 is 13.2 Å². The highest BCUT2D eigenvalue weighted by atomic mass is 35.5. The normalized spacial score (nSPS) is 18.8. The molecule has 13 nitrogen and oxygen atoms in total. The molecule has 43 heavy (non-hydrogen) atoms. The van der Waals surface area contributed by atoms with Gasteiger partial charge >= 0.3 is 0 Å². The maximum absolute atomic E-state index is 13.7. The van der Waals surface area contributed by atoms with E-state index in [0.29, 0.717) is 16.9 Å². The van der Waals surface area contributed by atoms with Crippen molar-refractivity contribution in [1.82, 2.24) is 29.0 Å². The van der Waals surface area contributed by atoms with Crippen molar-refractivity contribution >= 4 is 55.9 Å². The highest BCUT2D eigenvalue weighted by Crippen LogP contribution is 2.37. The van der Waals surface area contributed by atoms with Gasteiger partial charge in [0.25, 0.3) is 11.5 Å². The number of anilines is 3. The SMILES string of the molecule is Cc1cc([C@@H](C)Nc2ccc(Cl)nc2C(=O)NS(C)(=O)=O)c2nc(N3C[C@@H]4C[C@H]3CN4c3ccn(C)n3)n(C)c(=O)c2c1. The molecule has 0 unspecified atom stereocenters. The summed E-state index contributed by atoms with van der Waals surface area (Å²) in [6.45, 7) is 5.29. The minimum Gasteiger partial charge on any atom is -0.377 e. The lowest BCUT2D eigenvalue weighted by molar-refractivity contribution is 0.0977. The zero-order chi connectivity index (χ0) is 30.8. The van der Waals surface area contributed by atoms with Crippen LogP contribution in [-0.2, 0) is 24.1 Å². The molecular weight excluding hydrogens is 594 g/mol. The number of pyridine rings is 1. The predicted octanol–water partition coefficient (Wildman–Crippen LogP) is 2.35. The summed E-state index contributed by atoms with van der Waals surface area (Å²) in [4.78, 5) is 40.1. The first-order valence-electron chi connectivity index (χ1n) is 13.8. The van der Waals surface area contributed by atoms with Gasteiger partial charge in [-0.1, -0.05) is 17.7 Å². The summed E-state index contributed by atoms with van der Waals surface area (Å²) in [5.74, 6) is 0.644. The van der Waals surface area contributed by atoms with Gasteiger partial charge in [-0.15, -0.1) is 0 Å². The number of aromatic nitrogens is 5. The highest BCUT2D eigenvalue weighted by molar-refractivity contribution is 7.89. The van der Waals surface area contributed by atoms with Gasteiger partial charge in [-0.25, -0.2) is 23.1 Å². The Morgan fingerprint density at radius 2 is 1.81 bits per heavy atom. The minimum absolute atomic E-state index is 0.0363. The summed E-state index contributed by atoms with van der Waals surface area (Å²) in [6.07, 6.45) is 3.77. The van der Waals surface area contributed by atoms with Crippen LogP contribution >= 0.6 is 11.6 Å². The lowest BCUT2D eigenvalue weighted by atomic mass is 10.0. The Labute approximate surface area is 253 Å². The highest BCUT2D eigenvalue weighted by Gasteiger charge is 2.45. The van der Waals surface area contributed by atoms with Gasteiger partial charge in [-0.2, -0.15) is 5.10 Å². The van der Waals surface area contributed by atoms with Crippen LogP contribution < -0.4 is 25.4 Å². The van der Waals surface area contributed by atoms with Crippen LogP contribution in [0.1, 0.15) is 41.0 Å². The lowest BCUT2D eigenvalue weighted by Gasteiger charge is -2.35. The molecule has 2 saturated heterocycles. The number of piperazine rings is 1. The number of carbonyl (C=O) groups excluding carboxylic acids is 1. The lowest BCUT2D eigenvalue weighted by Crippen LogP contribution is -2.48. The maximum atomic E-state index is 13.7. The van der Waals surface area contributed by atoms with Crippen LogP contribution in [0.5, 0.6) is 0 Å². The van der Waals surface area contributed by atoms with Gasteiger partial charge in [0.15, 0.2) is 11.5 Å². The molecule has 2 N–H and O–H groups in total. The number of hydrogen-bond donors (Lipinski definition) is 2. The molecule has 4 aromatic rings. The number of sulfonamides is 1. The molecule has 2 fully saturated rings. The number of aryl methyl sites for hydroxylation is 2. The van der Waals surface area contributed by atoms with E-state index in [1.165, 1.54) is 6.07 Å². The second-order valence-corrected chi connectivity index (χ2v) is 13.5.